The molecule has 2 rings (SSSR count). The van der Waals surface area contributed by atoms with Crippen LogP contribution in [0.2, 0.25) is 5.02 Å². The van der Waals surface area contributed by atoms with E-state index in [-0.39, 0.29) is 18.8 Å². The molecule has 1 heterocycles. The van der Waals surface area contributed by atoms with E-state index in [1.54, 1.807) is 31.2 Å². The highest BCUT2D eigenvalue weighted by atomic mass is 35.5. The number of hydrogen-bond donors (Lipinski definition) is 1. The van der Waals surface area contributed by atoms with Gasteiger partial charge in [0.2, 0.25) is 5.91 Å². The zero-order valence-corrected chi connectivity index (χ0v) is 12.0. The number of carbonyl (C=O) groups is 2. The lowest BCUT2D eigenvalue weighted by molar-refractivity contribution is -0.118. The Bertz CT molecular complexity index is 667. The molecule has 0 aliphatic heterocycles. The van der Waals surface area contributed by atoms with Crippen molar-refractivity contribution in [2.45, 2.75) is 13.5 Å². The van der Waals surface area contributed by atoms with E-state index in [2.05, 4.69) is 10.3 Å². The third kappa shape index (κ3) is 3.38. The SMILES string of the molecule is CCOC(=O)c1nnn(CC(N)=O)c1-c1ccc(Cl)cc1. The molecule has 1 aromatic carbocycles. The Morgan fingerprint density at radius 1 is 1.33 bits per heavy atom. The van der Waals surface area contributed by atoms with E-state index in [4.69, 9.17) is 22.1 Å². The van der Waals surface area contributed by atoms with E-state index >= 15 is 0 Å². The lowest BCUT2D eigenvalue weighted by atomic mass is 10.1. The summed E-state index contributed by atoms with van der Waals surface area (Å²) in [5.74, 6) is -1.20. The molecule has 1 amide bonds. The zero-order chi connectivity index (χ0) is 15.4. The van der Waals surface area contributed by atoms with Crippen molar-refractivity contribution in [3.05, 3.63) is 35.0 Å². The molecule has 7 nitrogen and oxygen atoms in total. The molecule has 21 heavy (non-hydrogen) atoms. The minimum absolute atomic E-state index is 0.0282. The summed E-state index contributed by atoms with van der Waals surface area (Å²) in [6.45, 7) is 1.71. The van der Waals surface area contributed by atoms with Gasteiger partial charge in [-0.05, 0) is 19.1 Å². The minimum Gasteiger partial charge on any atom is -0.461 e. The lowest BCUT2D eigenvalue weighted by Crippen LogP contribution is -2.20. The predicted octanol–water partition coefficient (Wildman–Crippen LogP) is 1.26. The number of esters is 1. The van der Waals surface area contributed by atoms with Gasteiger partial charge in [0, 0.05) is 10.6 Å². The van der Waals surface area contributed by atoms with Crippen LogP contribution in [-0.4, -0.2) is 33.5 Å². The van der Waals surface area contributed by atoms with E-state index < -0.39 is 11.9 Å². The van der Waals surface area contributed by atoms with E-state index in [1.807, 2.05) is 0 Å². The molecule has 0 atom stereocenters. The minimum atomic E-state index is -0.613. The summed E-state index contributed by atoms with van der Waals surface area (Å²) in [4.78, 5) is 23.0. The van der Waals surface area contributed by atoms with Crippen molar-refractivity contribution >= 4 is 23.5 Å². The van der Waals surface area contributed by atoms with Crippen molar-refractivity contribution in [2.75, 3.05) is 6.61 Å². The normalized spacial score (nSPS) is 10.4. The summed E-state index contributed by atoms with van der Waals surface area (Å²) in [5, 5.41) is 8.12. The van der Waals surface area contributed by atoms with Crippen molar-refractivity contribution in [1.82, 2.24) is 15.0 Å². The highest BCUT2D eigenvalue weighted by molar-refractivity contribution is 6.30. The second kappa shape index (κ2) is 6.36. The number of nitrogens with zero attached hydrogens (tertiary/aromatic N) is 3. The fraction of sp³-hybridized carbons (Fsp3) is 0.231. The largest absolute Gasteiger partial charge is 0.461 e. The number of primary amides is 1. The standard InChI is InChI=1S/C13H13ClN4O3/c1-2-21-13(20)11-12(8-3-5-9(14)6-4-8)18(17-16-11)7-10(15)19/h3-6H,2,7H2,1H3,(H2,15,19). The van der Waals surface area contributed by atoms with Crippen LogP contribution in [0.5, 0.6) is 0 Å². The fourth-order valence-corrected chi connectivity index (χ4v) is 1.93. The maximum Gasteiger partial charge on any atom is 0.361 e. The Labute approximate surface area is 125 Å². The first-order chi connectivity index (χ1) is 10.0. The molecule has 2 aromatic rings. The summed E-state index contributed by atoms with van der Waals surface area (Å²) in [6.07, 6.45) is 0. The molecule has 1 aromatic heterocycles. The van der Waals surface area contributed by atoms with E-state index in [9.17, 15) is 9.59 Å². The Balaban J connectivity index is 2.52. The molecule has 0 aliphatic carbocycles. The van der Waals surface area contributed by atoms with Crippen molar-refractivity contribution < 1.29 is 14.3 Å². The van der Waals surface area contributed by atoms with Gasteiger partial charge in [-0.25, -0.2) is 9.48 Å². The van der Waals surface area contributed by atoms with Gasteiger partial charge in [0.15, 0.2) is 5.69 Å². The number of rotatable bonds is 5. The fourth-order valence-electron chi connectivity index (χ4n) is 1.80. The van der Waals surface area contributed by atoms with Gasteiger partial charge in [0.1, 0.15) is 12.2 Å². The van der Waals surface area contributed by atoms with Crippen molar-refractivity contribution in [1.29, 1.82) is 0 Å². The van der Waals surface area contributed by atoms with Crippen LogP contribution in [0.15, 0.2) is 24.3 Å². The van der Waals surface area contributed by atoms with Crippen molar-refractivity contribution in [2.24, 2.45) is 5.73 Å². The summed E-state index contributed by atoms with van der Waals surface area (Å²) < 4.78 is 6.20. The lowest BCUT2D eigenvalue weighted by Gasteiger charge is -2.06. The highest BCUT2D eigenvalue weighted by Crippen LogP contribution is 2.24. The summed E-state index contributed by atoms with van der Waals surface area (Å²) in [5.41, 5.74) is 6.20. The molecular formula is C13H13ClN4O3. The molecule has 2 N–H and O–H groups in total. The number of carbonyl (C=O) groups excluding carboxylic acids is 2. The average Bonchev–Trinajstić information content (AvgIpc) is 2.83. The molecule has 0 saturated carbocycles. The first-order valence-electron chi connectivity index (χ1n) is 6.17. The molecule has 8 heteroatoms. The Morgan fingerprint density at radius 2 is 2.00 bits per heavy atom. The maximum absolute atomic E-state index is 11.9. The van der Waals surface area contributed by atoms with Crippen LogP contribution in [-0.2, 0) is 16.1 Å². The number of halogens is 1. The summed E-state index contributed by atoms with van der Waals surface area (Å²) in [7, 11) is 0. The van der Waals surface area contributed by atoms with Gasteiger partial charge in [-0.1, -0.05) is 28.9 Å². The van der Waals surface area contributed by atoms with Gasteiger partial charge < -0.3 is 10.5 Å². The van der Waals surface area contributed by atoms with Gasteiger partial charge in [-0.2, -0.15) is 0 Å². The maximum atomic E-state index is 11.9. The summed E-state index contributed by atoms with van der Waals surface area (Å²) in [6, 6.07) is 6.71. The number of hydrogen-bond acceptors (Lipinski definition) is 5. The molecule has 0 fully saturated rings. The van der Waals surface area contributed by atoms with Crippen LogP contribution >= 0.6 is 11.6 Å². The Morgan fingerprint density at radius 3 is 2.57 bits per heavy atom. The van der Waals surface area contributed by atoms with Crippen molar-refractivity contribution in [3.8, 4) is 11.3 Å². The molecular weight excluding hydrogens is 296 g/mol. The van der Waals surface area contributed by atoms with Crippen LogP contribution in [0.4, 0.5) is 0 Å². The van der Waals surface area contributed by atoms with E-state index in [0.717, 1.165) is 0 Å². The van der Waals surface area contributed by atoms with Gasteiger partial charge in [0.25, 0.3) is 0 Å². The van der Waals surface area contributed by atoms with Crippen LogP contribution in [0.25, 0.3) is 11.3 Å². The molecule has 0 saturated heterocycles. The van der Waals surface area contributed by atoms with Crippen LogP contribution in [0.1, 0.15) is 17.4 Å². The third-order valence-electron chi connectivity index (χ3n) is 2.63. The number of amides is 1. The van der Waals surface area contributed by atoms with Crippen LogP contribution in [0, 0.1) is 0 Å². The molecule has 0 bridgehead atoms. The molecule has 0 radical (unpaired) electrons. The molecule has 0 spiro atoms. The predicted molar refractivity (Wildman–Crippen MR) is 75.6 cm³/mol. The van der Waals surface area contributed by atoms with Gasteiger partial charge in [-0.15, -0.1) is 5.10 Å². The molecule has 0 unspecified atom stereocenters. The smallest absolute Gasteiger partial charge is 0.361 e. The van der Waals surface area contributed by atoms with Gasteiger partial charge in [0.05, 0.1) is 6.61 Å². The number of aromatic nitrogens is 3. The first-order valence-corrected chi connectivity index (χ1v) is 6.55. The van der Waals surface area contributed by atoms with Crippen molar-refractivity contribution in [3.63, 3.8) is 0 Å². The molecule has 0 aliphatic rings. The number of benzene rings is 1. The monoisotopic (exact) mass is 308 g/mol. The zero-order valence-electron chi connectivity index (χ0n) is 11.2. The van der Waals surface area contributed by atoms with E-state index in [0.29, 0.717) is 16.3 Å². The average molecular weight is 309 g/mol. The van der Waals surface area contributed by atoms with Crippen LogP contribution in [0.3, 0.4) is 0 Å². The number of ether oxygens (including phenoxy) is 1. The Hall–Kier alpha value is -2.41. The van der Waals surface area contributed by atoms with Gasteiger partial charge in [-0.3, -0.25) is 4.79 Å². The highest BCUT2D eigenvalue weighted by Gasteiger charge is 2.22. The summed E-state index contributed by atoms with van der Waals surface area (Å²) >= 11 is 5.85. The Kier molecular flexibility index (Phi) is 4.54. The first kappa shape index (κ1) is 15.0. The van der Waals surface area contributed by atoms with Gasteiger partial charge >= 0.3 is 5.97 Å². The third-order valence-corrected chi connectivity index (χ3v) is 2.88. The topological polar surface area (TPSA) is 100 Å². The van der Waals surface area contributed by atoms with E-state index in [1.165, 1.54) is 4.68 Å². The quantitative estimate of drug-likeness (QED) is 0.838. The number of nitrogens with two attached hydrogens (primary N) is 1. The second-order valence-electron chi connectivity index (χ2n) is 4.14. The second-order valence-corrected chi connectivity index (χ2v) is 4.57. The molecule has 110 valence electrons. The van der Waals surface area contributed by atoms with Crippen LogP contribution < -0.4 is 5.73 Å².